The summed E-state index contributed by atoms with van der Waals surface area (Å²) < 4.78 is 11.2. The molecule has 0 fully saturated rings. The van der Waals surface area contributed by atoms with Crippen LogP contribution in [-0.2, 0) is 6.42 Å². The monoisotopic (exact) mass is 406 g/mol. The van der Waals surface area contributed by atoms with E-state index in [4.69, 9.17) is 20.8 Å². The van der Waals surface area contributed by atoms with Crippen molar-refractivity contribution in [3.63, 3.8) is 0 Å². The Hall–Kier alpha value is -3.31. The lowest BCUT2D eigenvalue weighted by Gasteiger charge is -2.08. The molecule has 1 aromatic heterocycles. The van der Waals surface area contributed by atoms with Crippen LogP contribution in [0.1, 0.15) is 28.7 Å². The zero-order valence-electron chi connectivity index (χ0n) is 15.8. The Morgan fingerprint density at radius 2 is 1.93 bits per heavy atom. The number of nitrogens with zero attached hydrogens (tertiary/aromatic N) is 1. The van der Waals surface area contributed by atoms with Gasteiger partial charge < -0.3 is 14.5 Å². The summed E-state index contributed by atoms with van der Waals surface area (Å²) in [7, 11) is 0. The quantitative estimate of drug-likeness (QED) is 0.444. The lowest BCUT2D eigenvalue weighted by molar-refractivity contribution is 0.102. The van der Waals surface area contributed by atoms with E-state index in [9.17, 15) is 4.79 Å². The molecule has 0 unspecified atom stereocenters. The van der Waals surface area contributed by atoms with E-state index in [1.54, 1.807) is 36.4 Å². The Morgan fingerprint density at radius 3 is 2.69 bits per heavy atom. The summed E-state index contributed by atoms with van der Waals surface area (Å²) in [6.07, 6.45) is 0.613. The number of anilines is 1. The number of aromatic nitrogens is 1. The molecule has 0 bridgehead atoms. The number of amides is 1. The van der Waals surface area contributed by atoms with Crippen molar-refractivity contribution in [3.05, 3.63) is 88.8 Å². The van der Waals surface area contributed by atoms with Gasteiger partial charge in [-0.1, -0.05) is 41.9 Å². The Kier molecular flexibility index (Phi) is 5.49. The topological polar surface area (TPSA) is 64.4 Å². The maximum atomic E-state index is 12.6. The number of halogens is 1. The molecule has 146 valence electrons. The van der Waals surface area contributed by atoms with Crippen LogP contribution >= 0.6 is 11.6 Å². The van der Waals surface area contributed by atoms with E-state index >= 15 is 0 Å². The fourth-order valence-corrected chi connectivity index (χ4v) is 3.25. The van der Waals surface area contributed by atoms with Crippen molar-refractivity contribution >= 4 is 34.3 Å². The average Bonchev–Trinajstić information content (AvgIpc) is 3.12. The number of nitrogens with one attached hydrogen (secondary N) is 1. The van der Waals surface area contributed by atoms with E-state index in [0.29, 0.717) is 52.0 Å². The maximum Gasteiger partial charge on any atom is 0.255 e. The zero-order valence-corrected chi connectivity index (χ0v) is 16.6. The smallest absolute Gasteiger partial charge is 0.255 e. The molecule has 0 atom stereocenters. The van der Waals surface area contributed by atoms with Crippen molar-refractivity contribution in [2.45, 2.75) is 13.3 Å². The first-order chi connectivity index (χ1) is 14.1. The van der Waals surface area contributed by atoms with E-state index in [-0.39, 0.29) is 5.91 Å². The SMILES string of the molecule is CCOc1ccc(C(=O)Nc2ccc3oc(Cc4ccccc4)nc3c2)cc1Cl. The highest BCUT2D eigenvalue weighted by Gasteiger charge is 2.12. The van der Waals surface area contributed by atoms with Crippen LogP contribution in [0.5, 0.6) is 5.75 Å². The lowest BCUT2D eigenvalue weighted by atomic mass is 10.1. The van der Waals surface area contributed by atoms with Crippen molar-refractivity contribution in [1.82, 2.24) is 4.98 Å². The second-order valence-corrected chi connectivity index (χ2v) is 6.89. The third kappa shape index (κ3) is 4.41. The van der Waals surface area contributed by atoms with Crippen LogP contribution in [-0.4, -0.2) is 17.5 Å². The number of hydrogen-bond acceptors (Lipinski definition) is 4. The van der Waals surface area contributed by atoms with Gasteiger partial charge in [-0.25, -0.2) is 4.98 Å². The molecule has 29 heavy (non-hydrogen) atoms. The standard InChI is InChI=1S/C23H19ClN2O3/c1-2-28-20-10-8-16(13-18(20)24)23(27)25-17-9-11-21-19(14-17)26-22(29-21)12-15-6-4-3-5-7-15/h3-11,13-14H,2,12H2,1H3,(H,25,27). The highest BCUT2D eigenvalue weighted by molar-refractivity contribution is 6.32. The Morgan fingerprint density at radius 1 is 1.10 bits per heavy atom. The van der Waals surface area contributed by atoms with Crippen molar-refractivity contribution in [2.24, 2.45) is 0 Å². The van der Waals surface area contributed by atoms with E-state index in [1.807, 2.05) is 37.3 Å². The summed E-state index contributed by atoms with van der Waals surface area (Å²) in [5.41, 5.74) is 3.58. The third-order valence-corrected chi connectivity index (χ3v) is 4.68. The van der Waals surface area contributed by atoms with Gasteiger partial charge in [-0.2, -0.15) is 0 Å². The number of carbonyl (C=O) groups excluding carboxylic acids is 1. The fourth-order valence-electron chi connectivity index (χ4n) is 3.02. The molecule has 0 radical (unpaired) electrons. The molecule has 1 heterocycles. The van der Waals surface area contributed by atoms with Gasteiger partial charge in [-0.3, -0.25) is 4.79 Å². The molecule has 0 aliphatic rings. The van der Waals surface area contributed by atoms with Gasteiger partial charge in [0, 0.05) is 17.7 Å². The van der Waals surface area contributed by atoms with Gasteiger partial charge >= 0.3 is 0 Å². The predicted molar refractivity (Wildman–Crippen MR) is 114 cm³/mol. The van der Waals surface area contributed by atoms with E-state index in [0.717, 1.165) is 5.56 Å². The Bertz CT molecular complexity index is 1160. The predicted octanol–water partition coefficient (Wildman–Crippen LogP) is 5.72. The van der Waals surface area contributed by atoms with Gasteiger partial charge in [0.15, 0.2) is 11.5 Å². The molecule has 4 rings (SSSR count). The summed E-state index contributed by atoms with van der Waals surface area (Å²) in [5.74, 6) is 0.927. The first-order valence-electron chi connectivity index (χ1n) is 9.29. The summed E-state index contributed by atoms with van der Waals surface area (Å²) in [5, 5.41) is 3.27. The zero-order chi connectivity index (χ0) is 20.2. The van der Waals surface area contributed by atoms with Gasteiger partial charge in [0.1, 0.15) is 11.3 Å². The average molecular weight is 407 g/mol. The minimum absolute atomic E-state index is 0.262. The number of hydrogen-bond donors (Lipinski definition) is 1. The summed E-state index contributed by atoms with van der Waals surface area (Å²) in [6, 6.07) is 20.3. The number of oxazole rings is 1. The third-order valence-electron chi connectivity index (χ3n) is 4.38. The molecule has 3 aromatic carbocycles. The molecule has 0 saturated heterocycles. The second-order valence-electron chi connectivity index (χ2n) is 6.48. The van der Waals surface area contributed by atoms with Crippen LogP contribution in [0, 0.1) is 0 Å². The van der Waals surface area contributed by atoms with Crippen molar-refractivity contribution < 1.29 is 13.9 Å². The first kappa shape index (κ1) is 19.0. The van der Waals surface area contributed by atoms with Gasteiger partial charge in [0.05, 0.1) is 11.6 Å². The molecule has 4 aromatic rings. The molecule has 1 amide bonds. The maximum absolute atomic E-state index is 12.6. The van der Waals surface area contributed by atoms with E-state index in [2.05, 4.69) is 10.3 Å². The van der Waals surface area contributed by atoms with Crippen LogP contribution in [0.15, 0.2) is 71.1 Å². The molecule has 0 saturated carbocycles. The van der Waals surface area contributed by atoms with Gasteiger partial charge in [0.2, 0.25) is 0 Å². The number of benzene rings is 3. The summed E-state index contributed by atoms with van der Waals surface area (Å²) in [4.78, 5) is 17.1. The summed E-state index contributed by atoms with van der Waals surface area (Å²) in [6.45, 7) is 2.39. The molecule has 1 N–H and O–H groups in total. The number of carbonyl (C=O) groups is 1. The lowest BCUT2D eigenvalue weighted by Crippen LogP contribution is -2.11. The minimum Gasteiger partial charge on any atom is -0.492 e. The molecular formula is C23H19ClN2O3. The number of fused-ring (bicyclic) bond motifs is 1. The van der Waals surface area contributed by atoms with Gasteiger partial charge in [-0.05, 0) is 48.9 Å². The van der Waals surface area contributed by atoms with E-state index < -0.39 is 0 Å². The van der Waals surface area contributed by atoms with Gasteiger partial charge in [0.25, 0.3) is 5.91 Å². The number of ether oxygens (including phenoxy) is 1. The summed E-state index contributed by atoms with van der Waals surface area (Å²) >= 11 is 6.18. The normalized spacial score (nSPS) is 10.8. The van der Waals surface area contributed by atoms with E-state index in [1.165, 1.54) is 0 Å². The first-order valence-corrected chi connectivity index (χ1v) is 9.67. The molecule has 0 aliphatic heterocycles. The number of rotatable bonds is 6. The molecule has 6 heteroatoms. The van der Waals surface area contributed by atoms with Crippen molar-refractivity contribution in [1.29, 1.82) is 0 Å². The fraction of sp³-hybridized carbons (Fsp3) is 0.130. The van der Waals surface area contributed by atoms with Crippen LogP contribution < -0.4 is 10.1 Å². The second kappa shape index (κ2) is 8.37. The highest BCUT2D eigenvalue weighted by Crippen LogP contribution is 2.26. The molecule has 0 spiro atoms. The van der Waals surface area contributed by atoms with Gasteiger partial charge in [-0.15, -0.1) is 0 Å². The van der Waals surface area contributed by atoms with Crippen LogP contribution in [0.3, 0.4) is 0 Å². The van der Waals surface area contributed by atoms with Crippen LogP contribution in [0.4, 0.5) is 5.69 Å². The molecule has 5 nitrogen and oxygen atoms in total. The van der Waals surface area contributed by atoms with Crippen molar-refractivity contribution in [3.8, 4) is 5.75 Å². The molecule has 0 aliphatic carbocycles. The highest BCUT2D eigenvalue weighted by atomic mass is 35.5. The minimum atomic E-state index is -0.262. The Balaban J connectivity index is 1.50. The molecular weight excluding hydrogens is 388 g/mol. The van der Waals surface area contributed by atoms with Crippen LogP contribution in [0.2, 0.25) is 5.02 Å². The largest absolute Gasteiger partial charge is 0.492 e. The Labute approximate surface area is 173 Å². The van der Waals surface area contributed by atoms with Crippen LogP contribution in [0.25, 0.3) is 11.1 Å². The van der Waals surface area contributed by atoms with Crippen molar-refractivity contribution in [2.75, 3.05) is 11.9 Å².